The number of H-pyrrole nitrogens is 1. The first-order valence-electron chi connectivity index (χ1n) is 10.3. The summed E-state index contributed by atoms with van der Waals surface area (Å²) in [5, 5.41) is 19.9. The Morgan fingerprint density at radius 1 is 1.14 bits per heavy atom. The molecule has 1 aliphatic heterocycles. The molecule has 1 unspecified atom stereocenters. The molecule has 3 aromatic carbocycles. The van der Waals surface area contributed by atoms with Crippen LogP contribution < -0.4 is 15.4 Å². The molecule has 0 spiro atoms. The lowest BCUT2D eigenvalue weighted by Gasteiger charge is -2.35. The molecule has 11 nitrogen and oxygen atoms in total. The summed E-state index contributed by atoms with van der Waals surface area (Å²) in [6.45, 7) is 0. The minimum Gasteiger partial charge on any atom is -0.453 e. The Balaban J connectivity index is 1.69. The van der Waals surface area contributed by atoms with Gasteiger partial charge in [0.15, 0.2) is 5.72 Å². The van der Waals surface area contributed by atoms with Gasteiger partial charge in [0, 0.05) is 22.4 Å². The van der Waals surface area contributed by atoms with Crippen molar-refractivity contribution in [2.75, 3.05) is 17.3 Å². The van der Waals surface area contributed by atoms with Crippen LogP contribution in [0.5, 0.6) is 0 Å². The van der Waals surface area contributed by atoms with Crippen LogP contribution in [0.15, 0.2) is 71.6 Å². The zero-order valence-electron chi connectivity index (χ0n) is 18.2. The topological polar surface area (TPSA) is 168 Å². The van der Waals surface area contributed by atoms with Crippen molar-refractivity contribution in [3.63, 3.8) is 0 Å². The number of nitrogens with two attached hydrogens (primary N) is 1. The Bertz CT molecular complexity index is 1620. The number of ether oxygens (including phenoxy) is 1. The summed E-state index contributed by atoms with van der Waals surface area (Å²) >= 11 is 0. The zero-order valence-corrected chi connectivity index (χ0v) is 19.0. The molecule has 1 atom stereocenters. The highest BCUT2D eigenvalue weighted by Crippen LogP contribution is 2.45. The number of sulfonamides is 1. The molecule has 2 amide bonds. The van der Waals surface area contributed by atoms with Crippen LogP contribution in [0.1, 0.15) is 21.5 Å². The van der Waals surface area contributed by atoms with Crippen molar-refractivity contribution in [2.24, 2.45) is 5.14 Å². The number of imidazole rings is 1. The van der Waals surface area contributed by atoms with Crippen molar-refractivity contribution >= 4 is 44.7 Å². The Hall–Kier alpha value is -4.26. The molecule has 0 fully saturated rings. The van der Waals surface area contributed by atoms with Gasteiger partial charge < -0.3 is 14.8 Å². The molecule has 12 heteroatoms. The molecule has 35 heavy (non-hydrogen) atoms. The van der Waals surface area contributed by atoms with Crippen molar-refractivity contribution in [2.45, 2.75) is 10.6 Å². The number of amides is 2. The molecule has 1 aromatic heterocycles. The molecule has 0 radical (unpaired) electrons. The molecule has 0 aliphatic carbocycles. The molecule has 0 bridgehead atoms. The number of nitrogens with zero attached hydrogens (tertiary/aromatic N) is 2. The molecule has 5 rings (SSSR count). The summed E-state index contributed by atoms with van der Waals surface area (Å²) in [5.74, 6) is -0.385. The van der Waals surface area contributed by atoms with Crippen LogP contribution in [0.25, 0.3) is 11.0 Å². The predicted molar refractivity (Wildman–Crippen MR) is 126 cm³/mol. The lowest BCUT2D eigenvalue weighted by molar-refractivity contribution is 0.0703. The maximum atomic E-state index is 13.5. The Morgan fingerprint density at radius 2 is 1.91 bits per heavy atom. The SMILES string of the molecule is COC(=O)Nc1nc2ccc(C3(O)c4ccccc4C(=O)N3c3cccc(S(N)(=O)=O)c3)cc2[nH]1. The van der Waals surface area contributed by atoms with Crippen molar-refractivity contribution in [1.82, 2.24) is 9.97 Å². The van der Waals surface area contributed by atoms with Gasteiger partial charge in [0.2, 0.25) is 16.0 Å². The number of nitrogens with one attached hydrogen (secondary N) is 2. The number of carbonyl (C=O) groups is 2. The molecular formula is C23H19N5O6S. The van der Waals surface area contributed by atoms with E-state index < -0.39 is 27.7 Å². The molecule has 178 valence electrons. The normalized spacial score (nSPS) is 17.5. The van der Waals surface area contributed by atoms with Gasteiger partial charge in [-0.1, -0.05) is 30.3 Å². The van der Waals surface area contributed by atoms with E-state index in [0.29, 0.717) is 22.2 Å². The Labute approximate surface area is 199 Å². The van der Waals surface area contributed by atoms with Crippen LogP contribution in [0.4, 0.5) is 16.4 Å². The fourth-order valence-corrected chi connectivity index (χ4v) is 4.74. The monoisotopic (exact) mass is 493 g/mol. The highest BCUT2D eigenvalue weighted by atomic mass is 32.2. The standard InChI is InChI=1S/C23H19N5O6S/c1-34-22(30)27-21-25-18-10-9-13(11-19(18)26-21)23(31)17-8-3-2-7-16(17)20(29)28(23)14-5-4-6-15(12-14)35(24,32)33/h2-12,31H,1H3,(H2,24,32,33)(H2,25,26,27,30). The smallest absolute Gasteiger partial charge is 0.413 e. The fourth-order valence-electron chi connectivity index (χ4n) is 4.18. The zero-order chi connectivity index (χ0) is 25.0. The van der Waals surface area contributed by atoms with E-state index in [4.69, 9.17) is 5.14 Å². The second kappa shape index (κ2) is 7.91. The molecule has 2 heterocycles. The molecule has 0 saturated heterocycles. The van der Waals surface area contributed by atoms with E-state index >= 15 is 0 Å². The number of aromatic nitrogens is 2. The van der Waals surface area contributed by atoms with Gasteiger partial charge in [-0.2, -0.15) is 0 Å². The first kappa shape index (κ1) is 22.5. The number of anilines is 2. The lowest BCUT2D eigenvalue weighted by Crippen LogP contribution is -2.45. The molecule has 1 aliphatic rings. The van der Waals surface area contributed by atoms with Crippen LogP contribution >= 0.6 is 0 Å². The summed E-state index contributed by atoms with van der Waals surface area (Å²) < 4.78 is 28.5. The number of fused-ring (bicyclic) bond motifs is 2. The fraction of sp³-hybridized carbons (Fsp3) is 0.0870. The number of aromatic amines is 1. The Kier molecular flexibility index (Phi) is 5.09. The number of carbonyl (C=O) groups excluding carboxylic acids is 2. The van der Waals surface area contributed by atoms with E-state index in [1.54, 1.807) is 42.5 Å². The Morgan fingerprint density at radius 3 is 2.66 bits per heavy atom. The van der Waals surface area contributed by atoms with E-state index in [-0.39, 0.29) is 22.1 Å². The quantitative estimate of drug-likeness (QED) is 0.338. The number of hydrogen-bond acceptors (Lipinski definition) is 7. The average molecular weight is 494 g/mol. The third-order valence-corrected chi connectivity index (χ3v) is 6.67. The molecule has 5 N–H and O–H groups in total. The van der Waals surface area contributed by atoms with Crippen LogP contribution in [0.2, 0.25) is 0 Å². The van der Waals surface area contributed by atoms with E-state index in [1.165, 1.54) is 31.4 Å². The number of primary sulfonamides is 1. The minimum absolute atomic E-state index is 0.136. The number of hydrogen-bond donors (Lipinski definition) is 4. The van der Waals surface area contributed by atoms with Gasteiger partial charge in [-0.15, -0.1) is 0 Å². The highest BCUT2D eigenvalue weighted by Gasteiger charge is 2.50. The van der Waals surface area contributed by atoms with Crippen molar-refractivity contribution in [3.05, 3.63) is 83.4 Å². The van der Waals surface area contributed by atoms with Crippen LogP contribution in [0, 0.1) is 0 Å². The predicted octanol–water partition coefficient (Wildman–Crippen LogP) is 2.24. The van der Waals surface area contributed by atoms with Gasteiger partial charge in [-0.05, 0) is 36.4 Å². The maximum Gasteiger partial charge on any atom is 0.413 e. The van der Waals surface area contributed by atoms with E-state index in [1.807, 2.05) is 0 Å². The van der Waals surface area contributed by atoms with Crippen LogP contribution in [-0.4, -0.2) is 42.6 Å². The first-order valence-corrected chi connectivity index (χ1v) is 11.8. The summed E-state index contributed by atoms with van der Waals surface area (Å²) in [6.07, 6.45) is -0.709. The number of aliphatic hydroxyl groups is 1. The van der Waals surface area contributed by atoms with Gasteiger partial charge in [0.1, 0.15) is 0 Å². The first-order chi connectivity index (χ1) is 16.6. The van der Waals surface area contributed by atoms with Gasteiger partial charge in [0.05, 0.1) is 23.0 Å². The van der Waals surface area contributed by atoms with Gasteiger partial charge >= 0.3 is 6.09 Å². The van der Waals surface area contributed by atoms with Crippen LogP contribution in [0.3, 0.4) is 0 Å². The van der Waals surface area contributed by atoms with Gasteiger partial charge in [-0.3, -0.25) is 15.0 Å². The third kappa shape index (κ3) is 3.60. The van der Waals surface area contributed by atoms with Gasteiger partial charge in [-0.25, -0.2) is 23.3 Å². The largest absolute Gasteiger partial charge is 0.453 e. The van der Waals surface area contributed by atoms with Crippen molar-refractivity contribution in [1.29, 1.82) is 0 Å². The average Bonchev–Trinajstić information content (AvgIpc) is 3.34. The number of rotatable bonds is 4. The van der Waals surface area contributed by atoms with Crippen LogP contribution in [-0.2, 0) is 20.5 Å². The van der Waals surface area contributed by atoms with Crippen molar-refractivity contribution < 1.29 is 27.9 Å². The summed E-state index contributed by atoms with van der Waals surface area (Å²) in [5.41, 5.74) is -0.0106. The lowest BCUT2D eigenvalue weighted by atomic mass is 9.93. The summed E-state index contributed by atoms with van der Waals surface area (Å²) in [4.78, 5) is 33.1. The maximum absolute atomic E-state index is 13.5. The number of benzene rings is 3. The van der Waals surface area contributed by atoms with E-state index in [0.717, 1.165) is 4.90 Å². The third-order valence-electron chi connectivity index (χ3n) is 5.75. The molecule has 4 aromatic rings. The van der Waals surface area contributed by atoms with E-state index in [9.17, 15) is 23.1 Å². The van der Waals surface area contributed by atoms with Crippen molar-refractivity contribution in [3.8, 4) is 0 Å². The second-order valence-corrected chi connectivity index (χ2v) is 9.40. The highest BCUT2D eigenvalue weighted by molar-refractivity contribution is 7.89. The molecule has 0 saturated carbocycles. The second-order valence-electron chi connectivity index (χ2n) is 7.83. The van der Waals surface area contributed by atoms with E-state index in [2.05, 4.69) is 20.0 Å². The molecular weight excluding hydrogens is 474 g/mol. The minimum atomic E-state index is -4.06. The van der Waals surface area contributed by atoms with Gasteiger partial charge in [0.25, 0.3) is 5.91 Å². The summed E-state index contributed by atoms with van der Waals surface area (Å²) in [6, 6.07) is 16.9. The number of methoxy groups -OCH3 is 1. The summed E-state index contributed by atoms with van der Waals surface area (Å²) in [7, 11) is -2.84.